The van der Waals surface area contributed by atoms with Crippen molar-refractivity contribution in [2.24, 2.45) is 5.84 Å². The number of benzene rings is 1. The van der Waals surface area contributed by atoms with Gasteiger partial charge < -0.3 is 15.5 Å². The number of hydrogen-bond acceptors (Lipinski definition) is 7. The minimum absolute atomic E-state index is 0.116. The number of hydrazine groups is 1. The van der Waals surface area contributed by atoms with Gasteiger partial charge in [-0.1, -0.05) is 12.1 Å². The topological polar surface area (TPSA) is 115 Å². The third kappa shape index (κ3) is 3.57. The fourth-order valence-electron chi connectivity index (χ4n) is 1.75. The van der Waals surface area contributed by atoms with E-state index in [1.165, 1.54) is 12.1 Å². The van der Waals surface area contributed by atoms with Crippen molar-refractivity contribution < 1.29 is 9.66 Å². The largest absolute Gasteiger partial charge is 0.492 e. The van der Waals surface area contributed by atoms with Gasteiger partial charge in [-0.15, -0.1) is 0 Å². The summed E-state index contributed by atoms with van der Waals surface area (Å²) in [7, 11) is 0. The Morgan fingerprint density at radius 1 is 1.33 bits per heavy atom. The van der Waals surface area contributed by atoms with E-state index in [1.807, 2.05) is 19.1 Å². The van der Waals surface area contributed by atoms with E-state index in [0.717, 1.165) is 0 Å². The highest BCUT2D eigenvalue weighted by Crippen LogP contribution is 2.29. The summed E-state index contributed by atoms with van der Waals surface area (Å²) >= 11 is 0. The maximum Gasteiger partial charge on any atom is 0.276 e. The normalized spacial score (nSPS) is 10.0. The molecule has 0 radical (unpaired) electrons. The number of nitro groups is 1. The molecule has 0 spiro atoms. The molecule has 0 aliphatic heterocycles. The fraction of sp³-hybridized carbons (Fsp3) is 0.154. The number of pyridine rings is 1. The van der Waals surface area contributed by atoms with Crippen molar-refractivity contribution in [2.75, 3.05) is 17.3 Å². The summed E-state index contributed by atoms with van der Waals surface area (Å²) in [6, 6.07) is 9.82. The number of rotatable bonds is 6. The number of anilines is 3. The summed E-state index contributed by atoms with van der Waals surface area (Å²) in [6.07, 6.45) is 0. The number of ether oxygens (including phenoxy) is 1. The minimum atomic E-state index is -0.512. The number of nitrogens with one attached hydrogen (secondary N) is 2. The summed E-state index contributed by atoms with van der Waals surface area (Å²) in [5, 5.41) is 13.9. The van der Waals surface area contributed by atoms with Crippen LogP contribution in [0.4, 0.5) is 23.0 Å². The predicted octanol–water partition coefficient (Wildman–Crippen LogP) is 2.42. The van der Waals surface area contributed by atoms with E-state index in [-0.39, 0.29) is 11.5 Å². The molecule has 0 aliphatic rings. The molecule has 1 heterocycles. The molecule has 21 heavy (non-hydrogen) atoms. The molecule has 0 bridgehead atoms. The van der Waals surface area contributed by atoms with Crippen LogP contribution in [0.2, 0.25) is 0 Å². The summed E-state index contributed by atoms with van der Waals surface area (Å²) in [6.45, 7) is 2.38. The van der Waals surface area contributed by atoms with E-state index in [2.05, 4.69) is 15.7 Å². The van der Waals surface area contributed by atoms with Gasteiger partial charge in [-0.25, -0.2) is 10.8 Å². The molecular formula is C13H15N5O3. The van der Waals surface area contributed by atoms with Crippen LogP contribution in [0.1, 0.15) is 6.92 Å². The van der Waals surface area contributed by atoms with Gasteiger partial charge in [-0.05, 0) is 19.1 Å². The van der Waals surface area contributed by atoms with Crippen molar-refractivity contribution in [1.29, 1.82) is 0 Å². The van der Waals surface area contributed by atoms with E-state index in [9.17, 15) is 10.1 Å². The molecule has 2 aromatic rings. The van der Waals surface area contributed by atoms with Crippen molar-refractivity contribution in [3.8, 4) is 5.75 Å². The van der Waals surface area contributed by atoms with Crippen molar-refractivity contribution in [3.05, 3.63) is 46.5 Å². The Labute approximate surface area is 121 Å². The fourth-order valence-corrected chi connectivity index (χ4v) is 1.75. The molecule has 0 unspecified atom stereocenters. The number of para-hydroxylation sites is 2. The first kappa shape index (κ1) is 14.5. The van der Waals surface area contributed by atoms with Gasteiger partial charge in [0.1, 0.15) is 17.4 Å². The van der Waals surface area contributed by atoms with Crippen LogP contribution in [0.15, 0.2) is 36.4 Å². The molecule has 0 fully saturated rings. The van der Waals surface area contributed by atoms with E-state index in [4.69, 9.17) is 10.6 Å². The lowest BCUT2D eigenvalue weighted by atomic mass is 10.3. The monoisotopic (exact) mass is 289 g/mol. The molecule has 0 atom stereocenters. The molecular weight excluding hydrogens is 274 g/mol. The van der Waals surface area contributed by atoms with Gasteiger partial charge in [-0.3, -0.25) is 10.1 Å². The molecule has 1 aromatic carbocycles. The molecule has 0 amide bonds. The first-order valence-corrected chi connectivity index (χ1v) is 6.26. The van der Waals surface area contributed by atoms with E-state index in [1.54, 1.807) is 12.1 Å². The zero-order valence-corrected chi connectivity index (χ0v) is 11.4. The Morgan fingerprint density at radius 3 is 2.71 bits per heavy atom. The van der Waals surface area contributed by atoms with Crippen molar-refractivity contribution in [3.63, 3.8) is 0 Å². The standard InChI is InChI=1S/C13H15N5O3/c1-2-21-11-6-4-3-5-10(11)15-12-7-9(18(19)20)8-13(16-12)17-14/h3-8H,2,14H2,1H3,(H2,15,16,17). The van der Waals surface area contributed by atoms with E-state index < -0.39 is 4.92 Å². The number of nitrogen functional groups attached to an aromatic ring is 1. The van der Waals surface area contributed by atoms with Crippen LogP contribution in [0, 0.1) is 10.1 Å². The highest BCUT2D eigenvalue weighted by Gasteiger charge is 2.12. The van der Waals surface area contributed by atoms with Crippen LogP contribution < -0.4 is 21.3 Å². The van der Waals surface area contributed by atoms with Crippen LogP contribution >= 0.6 is 0 Å². The van der Waals surface area contributed by atoms with Gasteiger partial charge in [0.25, 0.3) is 5.69 Å². The van der Waals surface area contributed by atoms with Crippen LogP contribution in [0.3, 0.4) is 0 Å². The highest BCUT2D eigenvalue weighted by molar-refractivity contribution is 5.67. The first-order chi connectivity index (χ1) is 10.1. The summed E-state index contributed by atoms with van der Waals surface area (Å²) in [5.41, 5.74) is 2.85. The average molecular weight is 289 g/mol. The third-order valence-electron chi connectivity index (χ3n) is 2.62. The molecule has 4 N–H and O–H groups in total. The Hall–Kier alpha value is -2.87. The third-order valence-corrected chi connectivity index (χ3v) is 2.62. The summed E-state index contributed by atoms with van der Waals surface area (Å²) in [4.78, 5) is 14.5. The molecule has 8 nitrogen and oxygen atoms in total. The average Bonchev–Trinajstić information content (AvgIpc) is 2.49. The molecule has 1 aromatic heterocycles. The Bertz CT molecular complexity index is 647. The number of nitrogens with zero attached hydrogens (tertiary/aromatic N) is 2. The smallest absolute Gasteiger partial charge is 0.276 e. The second kappa shape index (κ2) is 6.53. The quantitative estimate of drug-likeness (QED) is 0.425. The maximum absolute atomic E-state index is 10.9. The number of hydrogen-bond donors (Lipinski definition) is 3. The molecule has 2 rings (SSSR count). The van der Waals surface area contributed by atoms with Crippen molar-refractivity contribution in [2.45, 2.75) is 6.92 Å². The lowest BCUT2D eigenvalue weighted by Gasteiger charge is -2.12. The minimum Gasteiger partial charge on any atom is -0.492 e. The molecule has 0 aliphatic carbocycles. The number of aromatic nitrogens is 1. The second-order valence-corrected chi connectivity index (χ2v) is 4.05. The maximum atomic E-state index is 10.9. The zero-order valence-electron chi connectivity index (χ0n) is 11.4. The van der Waals surface area contributed by atoms with Crippen LogP contribution in [0.25, 0.3) is 0 Å². The SMILES string of the molecule is CCOc1ccccc1Nc1cc([N+](=O)[O-])cc(NN)n1. The van der Waals surface area contributed by atoms with E-state index in [0.29, 0.717) is 23.9 Å². The summed E-state index contributed by atoms with van der Waals surface area (Å²) < 4.78 is 5.48. The lowest BCUT2D eigenvalue weighted by Crippen LogP contribution is -2.10. The Balaban J connectivity index is 2.35. The van der Waals surface area contributed by atoms with E-state index >= 15 is 0 Å². The number of nitrogens with two attached hydrogens (primary N) is 1. The van der Waals surface area contributed by atoms with Gasteiger partial charge in [0.05, 0.1) is 29.4 Å². The van der Waals surface area contributed by atoms with Crippen LogP contribution in [0.5, 0.6) is 5.75 Å². The van der Waals surface area contributed by atoms with Gasteiger partial charge in [0.2, 0.25) is 0 Å². The molecule has 8 heteroatoms. The van der Waals surface area contributed by atoms with Gasteiger partial charge in [0.15, 0.2) is 0 Å². The second-order valence-electron chi connectivity index (χ2n) is 4.05. The predicted molar refractivity (Wildman–Crippen MR) is 79.6 cm³/mol. The van der Waals surface area contributed by atoms with Crippen molar-refractivity contribution in [1.82, 2.24) is 4.98 Å². The van der Waals surface area contributed by atoms with Gasteiger partial charge >= 0.3 is 0 Å². The van der Waals surface area contributed by atoms with Gasteiger partial charge in [0, 0.05) is 0 Å². The Morgan fingerprint density at radius 2 is 2.05 bits per heavy atom. The molecule has 0 saturated heterocycles. The van der Waals surface area contributed by atoms with Crippen molar-refractivity contribution >= 4 is 23.0 Å². The Kier molecular flexibility index (Phi) is 4.52. The zero-order chi connectivity index (χ0) is 15.2. The van der Waals surface area contributed by atoms with Crippen LogP contribution in [-0.2, 0) is 0 Å². The highest BCUT2D eigenvalue weighted by atomic mass is 16.6. The molecule has 0 saturated carbocycles. The molecule has 110 valence electrons. The lowest BCUT2D eigenvalue weighted by molar-refractivity contribution is -0.384. The van der Waals surface area contributed by atoms with Gasteiger partial charge in [-0.2, -0.15) is 0 Å². The first-order valence-electron chi connectivity index (χ1n) is 6.26. The summed E-state index contributed by atoms with van der Waals surface area (Å²) in [5.74, 6) is 6.40. The van der Waals surface area contributed by atoms with Crippen LogP contribution in [-0.4, -0.2) is 16.5 Å².